The molecule has 0 saturated carbocycles. The number of benzene rings is 7. The van der Waals surface area contributed by atoms with Gasteiger partial charge in [0.25, 0.3) is 0 Å². The topological polar surface area (TPSA) is 43.2 Å². The van der Waals surface area contributed by atoms with Gasteiger partial charge in [-0.2, -0.15) is 0 Å². The molecule has 0 atom stereocenters. The molecule has 2 aromatic heterocycles. The van der Waals surface area contributed by atoms with Crippen LogP contribution >= 0.6 is 0 Å². The maximum absolute atomic E-state index is 6.55. The molecule has 0 radical (unpaired) electrons. The standard InChI is InChI=1S/C46H30N4O/c1-4-14-31(15-5-1)38-30-45(48-46(47-38)32-16-6-2-7-17-32)50-39-21-11-10-20-36(39)37-28-33(24-26-40(37)50)34-25-27-42-44(29-34)51-43-23-13-12-22-41(43)49(42)35-18-8-3-9-19-35/h1-30H. The summed E-state index contributed by atoms with van der Waals surface area (Å²) in [5, 5.41) is 2.31. The van der Waals surface area contributed by atoms with E-state index in [1.54, 1.807) is 0 Å². The van der Waals surface area contributed by atoms with E-state index in [0.29, 0.717) is 5.82 Å². The number of hydrogen-bond donors (Lipinski definition) is 0. The van der Waals surface area contributed by atoms with Crippen molar-refractivity contribution in [1.82, 2.24) is 14.5 Å². The molecule has 51 heavy (non-hydrogen) atoms. The SMILES string of the molecule is c1ccc(-c2cc(-n3c4ccccc4c4cc(-c5ccc6c(c5)Oc5ccccc5N6c5ccccc5)ccc43)nc(-c3ccccc3)n2)cc1. The van der Waals surface area contributed by atoms with Gasteiger partial charge in [-0.15, -0.1) is 0 Å². The normalized spacial score (nSPS) is 12.0. The Morgan fingerprint density at radius 3 is 1.86 bits per heavy atom. The van der Waals surface area contributed by atoms with E-state index in [1.165, 1.54) is 0 Å². The zero-order chi connectivity index (χ0) is 33.7. The fourth-order valence-corrected chi connectivity index (χ4v) is 7.21. The van der Waals surface area contributed by atoms with Crippen LogP contribution in [-0.4, -0.2) is 14.5 Å². The molecule has 1 aliphatic heterocycles. The molecule has 5 nitrogen and oxygen atoms in total. The van der Waals surface area contributed by atoms with Crippen molar-refractivity contribution in [2.24, 2.45) is 0 Å². The highest BCUT2D eigenvalue weighted by molar-refractivity contribution is 6.10. The zero-order valence-electron chi connectivity index (χ0n) is 27.5. The van der Waals surface area contributed by atoms with Crippen LogP contribution in [0.5, 0.6) is 11.5 Å². The summed E-state index contributed by atoms with van der Waals surface area (Å²) in [5.74, 6) is 3.16. The van der Waals surface area contributed by atoms with E-state index >= 15 is 0 Å². The molecule has 0 N–H and O–H groups in total. The van der Waals surface area contributed by atoms with Gasteiger partial charge in [-0.25, -0.2) is 9.97 Å². The molecule has 3 heterocycles. The van der Waals surface area contributed by atoms with Crippen molar-refractivity contribution in [3.63, 3.8) is 0 Å². The fourth-order valence-electron chi connectivity index (χ4n) is 7.21. The van der Waals surface area contributed by atoms with Gasteiger partial charge in [0.05, 0.1) is 28.1 Å². The van der Waals surface area contributed by atoms with Crippen molar-refractivity contribution in [2.45, 2.75) is 0 Å². The van der Waals surface area contributed by atoms with Crippen LogP contribution in [0.15, 0.2) is 182 Å². The molecule has 10 rings (SSSR count). The summed E-state index contributed by atoms with van der Waals surface area (Å²) in [6.07, 6.45) is 0. The Kier molecular flexibility index (Phi) is 6.74. The van der Waals surface area contributed by atoms with E-state index in [0.717, 1.165) is 84.1 Å². The number of fused-ring (bicyclic) bond motifs is 5. The Bertz CT molecular complexity index is 2660. The van der Waals surface area contributed by atoms with Crippen molar-refractivity contribution < 1.29 is 4.74 Å². The molecule has 240 valence electrons. The summed E-state index contributed by atoms with van der Waals surface area (Å²) < 4.78 is 8.81. The molecule has 0 fully saturated rings. The lowest BCUT2D eigenvalue weighted by atomic mass is 10.0. The Morgan fingerprint density at radius 2 is 1.04 bits per heavy atom. The second-order valence-corrected chi connectivity index (χ2v) is 12.7. The Balaban J connectivity index is 1.13. The number of hydrogen-bond acceptors (Lipinski definition) is 4. The maximum atomic E-state index is 6.55. The van der Waals surface area contributed by atoms with E-state index < -0.39 is 0 Å². The molecule has 0 unspecified atom stereocenters. The molecule has 0 bridgehead atoms. The Hall–Kier alpha value is -6.98. The van der Waals surface area contributed by atoms with E-state index in [9.17, 15) is 0 Å². The van der Waals surface area contributed by atoms with Crippen molar-refractivity contribution in [2.75, 3.05) is 4.90 Å². The van der Waals surface area contributed by atoms with Crippen molar-refractivity contribution >= 4 is 38.9 Å². The third kappa shape index (κ3) is 4.94. The van der Waals surface area contributed by atoms with Crippen LogP contribution in [-0.2, 0) is 0 Å². The lowest BCUT2D eigenvalue weighted by Gasteiger charge is -2.33. The van der Waals surface area contributed by atoms with E-state index in [-0.39, 0.29) is 0 Å². The lowest BCUT2D eigenvalue weighted by Crippen LogP contribution is -2.15. The van der Waals surface area contributed by atoms with Crippen molar-refractivity contribution in [3.05, 3.63) is 182 Å². The second kappa shape index (κ2) is 11.9. The Morgan fingerprint density at radius 1 is 0.412 bits per heavy atom. The fraction of sp³-hybridized carbons (Fsp3) is 0. The third-order valence-corrected chi connectivity index (χ3v) is 9.59. The molecule has 0 aliphatic carbocycles. The molecule has 9 aromatic rings. The molecule has 0 spiro atoms. The zero-order valence-corrected chi connectivity index (χ0v) is 27.5. The lowest BCUT2D eigenvalue weighted by molar-refractivity contribution is 0.477. The third-order valence-electron chi connectivity index (χ3n) is 9.59. The van der Waals surface area contributed by atoms with Crippen LogP contribution < -0.4 is 9.64 Å². The largest absolute Gasteiger partial charge is 0.453 e. The average Bonchev–Trinajstić information content (AvgIpc) is 3.54. The average molecular weight is 655 g/mol. The van der Waals surface area contributed by atoms with Gasteiger partial charge in [0.1, 0.15) is 5.82 Å². The minimum absolute atomic E-state index is 0.690. The van der Waals surface area contributed by atoms with Gasteiger partial charge in [0.15, 0.2) is 17.3 Å². The maximum Gasteiger partial charge on any atom is 0.162 e. The van der Waals surface area contributed by atoms with Crippen LogP contribution in [0.25, 0.3) is 61.4 Å². The molecular weight excluding hydrogens is 625 g/mol. The highest BCUT2D eigenvalue weighted by atomic mass is 16.5. The second-order valence-electron chi connectivity index (χ2n) is 12.7. The first kappa shape index (κ1) is 29.0. The highest BCUT2D eigenvalue weighted by Gasteiger charge is 2.26. The number of nitrogens with zero attached hydrogens (tertiary/aromatic N) is 4. The number of anilines is 3. The van der Waals surface area contributed by atoms with Crippen LogP contribution in [0.4, 0.5) is 17.1 Å². The first-order valence-electron chi connectivity index (χ1n) is 17.1. The van der Waals surface area contributed by atoms with Crippen LogP contribution in [0.1, 0.15) is 0 Å². The molecule has 5 heteroatoms. The molecule has 0 amide bonds. The van der Waals surface area contributed by atoms with E-state index in [1.807, 2.05) is 54.6 Å². The van der Waals surface area contributed by atoms with Crippen LogP contribution in [0.3, 0.4) is 0 Å². The van der Waals surface area contributed by atoms with Gasteiger partial charge >= 0.3 is 0 Å². The monoisotopic (exact) mass is 654 g/mol. The minimum Gasteiger partial charge on any atom is -0.453 e. The Labute approximate surface area is 295 Å². The smallest absolute Gasteiger partial charge is 0.162 e. The highest BCUT2D eigenvalue weighted by Crippen LogP contribution is 2.51. The van der Waals surface area contributed by atoms with Gasteiger partial charge in [-0.1, -0.05) is 121 Å². The van der Waals surface area contributed by atoms with Gasteiger partial charge < -0.3 is 9.64 Å². The van der Waals surface area contributed by atoms with Gasteiger partial charge in [-0.3, -0.25) is 4.57 Å². The van der Waals surface area contributed by atoms with Gasteiger partial charge in [0, 0.05) is 33.7 Å². The molecule has 1 aliphatic rings. The van der Waals surface area contributed by atoms with Gasteiger partial charge in [-0.05, 0) is 65.7 Å². The number of para-hydroxylation sites is 4. The van der Waals surface area contributed by atoms with E-state index in [2.05, 4.69) is 137 Å². The minimum atomic E-state index is 0.690. The number of ether oxygens (including phenoxy) is 1. The number of aromatic nitrogens is 3. The predicted molar refractivity (Wildman–Crippen MR) is 207 cm³/mol. The van der Waals surface area contributed by atoms with Gasteiger partial charge in [0.2, 0.25) is 0 Å². The first-order chi connectivity index (χ1) is 25.3. The van der Waals surface area contributed by atoms with Crippen molar-refractivity contribution in [3.8, 4) is 51.1 Å². The van der Waals surface area contributed by atoms with E-state index in [4.69, 9.17) is 14.7 Å². The summed E-state index contributed by atoms with van der Waals surface area (Å²) in [7, 11) is 0. The molecular formula is C46H30N4O. The quantitative estimate of drug-likeness (QED) is 0.185. The first-order valence-corrected chi connectivity index (χ1v) is 17.1. The summed E-state index contributed by atoms with van der Waals surface area (Å²) in [6.45, 7) is 0. The molecule has 7 aromatic carbocycles. The summed E-state index contributed by atoms with van der Waals surface area (Å²) in [5.41, 5.74) is 10.4. The van der Waals surface area contributed by atoms with Crippen molar-refractivity contribution in [1.29, 1.82) is 0 Å². The molecule has 0 saturated heterocycles. The van der Waals surface area contributed by atoms with Crippen LogP contribution in [0.2, 0.25) is 0 Å². The summed E-state index contributed by atoms with van der Waals surface area (Å²) in [4.78, 5) is 12.5. The van der Waals surface area contributed by atoms with Crippen LogP contribution in [0, 0.1) is 0 Å². The number of rotatable bonds is 5. The predicted octanol–water partition coefficient (Wildman–Crippen LogP) is 12.2. The summed E-state index contributed by atoms with van der Waals surface area (Å²) >= 11 is 0. The summed E-state index contributed by atoms with van der Waals surface area (Å²) in [6, 6.07) is 63.0.